The van der Waals surface area contributed by atoms with E-state index in [0.717, 1.165) is 63.4 Å². The van der Waals surface area contributed by atoms with E-state index >= 15 is 0 Å². The van der Waals surface area contributed by atoms with Crippen LogP contribution in [0.3, 0.4) is 0 Å². The molecule has 10 heteroatoms. The summed E-state index contributed by atoms with van der Waals surface area (Å²) in [5, 5.41) is 2.36. The normalized spacial score (nSPS) is 25.7. The molecule has 0 saturated carbocycles. The minimum atomic E-state index is -0.585. The van der Waals surface area contributed by atoms with Crippen LogP contribution in [-0.2, 0) is 20.9 Å². The van der Waals surface area contributed by atoms with E-state index in [1.165, 1.54) is 0 Å². The molecular weight excluding hydrogens is 486 g/mol. The van der Waals surface area contributed by atoms with Crippen LogP contribution in [0, 0.1) is 5.41 Å². The molecule has 10 nitrogen and oxygen atoms in total. The molecule has 1 aromatic carbocycles. The monoisotopic (exact) mass is 523 g/mol. The van der Waals surface area contributed by atoms with E-state index < -0.39 is 11.6 Å². The summed E-state index contributed by atoms with van der Waals surface area (Å²) in [6.45, 7) is 11.7. The van der Waals surface area contributed by atoms with Crippen LogP contribution in [0.4, 0.5) is 10.5 Å². The fourth-order valence-corrected chi connectivity index (χ4v) is 6.55. The van der Waals surface area contributed by atoms with Gasteiger partial charge in [0.05, 0.1) is 0 Å². The van der Waals surface area contributed by atoms with Gasteiger partial charge >= 0.3 is 6.09 Å². The summed E-state index contributed by atoms with van der Waals surface area (Å²) in [5.74, 6) is -0.786. The lowest BCUT2D eigenvalue weighted by Crippen LogP contribution is -2.66. The predicted octanol–water partition coefficient (Wildman–Crippen LogP) is 1.97. The second kappa shape index (κ2) is 8.97. The Morgan fingerprint density at radius 3 is 2.45 bits per heavy atom. The molecule has 1 spiro atoms. The predicted molar refractivity (Wildman–Crippen MR) is 140 cm³/mol. The van der Waals surface area contributed by atoms with E-state index in [-0.39, 0.29) is 35.7 Å². The van der Waals surface area contributed by atoms with Gasteiger partial charge in [0.1, 0.15) is 11.6 Å². The second-order valence-corrected chi connectivity index (χ2v) is 12.7. The van der Waals surface area contributed by atoms with E-state index in [4.69, 9.17) is 4.74 Å². The molecule has 1 aromatic rings. The number of likely N-dealkylation sites (tertiary alicyclic amines) is 2. The number of benzene rings is 1. The molecule has 4 fully saturated rings. The molecule has 204 valence electrons. The molecule has 0 bridgehead atoms. The Bertz CT molecular complexity index is 1170. The minimum absolute atomic E-state index is 0.133. The molecule has 4 amide bonds. The van der Waals surface area contributed by atoms with Gasteiger partial charge in [-0.25, -0.2) is 4.79 Å². The largest absolute Gasteiger partial charge is 0.444 e. The number of piperidine rings is 2. The van der Waals surface area contributed by atoms with Gasteiger partial charge in [-0.3, -0.25) is 24.6 Å². The number of rotatable bonds is 3. The number of hydrogen-bond acceptors (Lipinski definition) is 7. The molecule has 1 atom stereocenters. The standard InChI is InChI=1S/C28H37N5O5/c1-27(2,3)38-26(37)32-16-28(17-32)8-10-30(11-9-28)20-14-31(15-20)19-4-5-21-18(12-19)13-33(25(21)36)22-6-7-23(34)29-24(22)35/h4-5,12,20,22H,6-11,13-17H2,1-3H3,(H,29,34,35). The van der Waals surface area contributed by atoms with Crippen molar-refractivity contribution >= 4 is 29.5 Å². The maximum atomic E-state index is 13.0. The highest BCUT2D eigenvalue weighted by Crippen LogP contribution is 2.42. The summed E-state index contributed by atoms with van der Waals surface area (Å²) >= 11 is 0. The zero-order chi connectivity index (χ0) is 26.8. The van der Waals surface area contributed by atoms with Crippen LogP contribution in [0.1, 0.15) is 62.4 Å². The Labute approximate surface area is 223 Å². The van der Waals surface area contributed by atoms with Crippen LogP contribution in [0.2, 0.25) is 0 Å². The summed E-state index contributed by atoms with van der Waals surface area (Å²) in [7, 11) is 0. The highest BCUT2D eigenvalue weighted by molar-refractivity contribution is 6.05. The van der Waals surface area contributed by atoms with Gasteiger partial charge in [-0.05, 0) is 76.9 Å². The van der Waals surface area contributed by atoms with Gasteiger partial charge in [-0.2, -0.15) is 0 Å². The maximum absolute atomic E-state index is 13.0. The molecule has 0 aliphatic carbocycles. The summed E-state index contributed by atoms with van der Waals surface area (Å²) in [4.78, 5) is 57.4. The SMILES string of the molecule is CC(C)(C)OC(=O)N1CC2(CCN(C3CN(c4ccc5c(c4)CN(C4CCC(=O)NC4=O)C5=O)C3)CC2)C1. The number of carbonyl (C=O) groups excluding carboxylic acids is 4. The zero-order valence-corrected chi connectivity index (χ0v) is 22.5. The molecule has 5 aliphatic heterocycles. The van der Waals surface area contributed by atoms with Crippen molar-refractivity contribution in [1.29, 1.82) is 0 Å². The molecule has 4 saturated heterocycles. The smallest absolute Gasteiger partial charge is 0.410 e. The first kappa shape index (κ1) is 25.2. The van der Waals surface area contributed by atoms with Crippen LogP contribution in [0.5, 0.6) is 0 Å². The molecule has 1 N–H and O–H groups in total. The summed E-state index contributed by atoms with van der Waals surface area (Å²) in [5.41, 5.74) is 2.49. The first-order valence-corrected chi connectivity index (χ1v) is 13.7. The van der Waals surface area contributed by atoms with E-state index in [1.54, 1.807) is 4.90 Å². The van der Waals surface area contributed by atoms with Gasteiger partial charge in [-0.1, -0.05) is 0 Å². The van der Waals surface area contributed by atoms with Gasteiger partial charge in [0.15, 0.2) is 0 Å². The fourth-order valence-electron chi connectivity index (χ4n) is 6.55. The molecular formula is C28H37N5O5. The number of fused-ring (bicyclic) bond motifs is 1. The number of anilines is 1. The topological polar surface area (TPSA) is 102 Å². The van der Waals surface area contributed by atoms with E-state index in [2.05, 4.69) is 21.2 Å². The van der Waals surface area contributed by atoms with Crippen LogP contribution in [-0.4, -0.2) is 95.5 Å². The summed E-state index contributed by atoms with van der Waals surface area (Å²) < 4.78 is 5.51. The molecule has 0 radical (unpaired) electrons. The highest BCUT2D eigenvalue weighted by Gasteiger charge is 2.49. The third-order valence-electron chi connectivity index (χ3n) is 8.81. The van der Waals surface area contributed by atoms with Crippen LogP contribution < -0.4 is 10.2 Å². The summed E-state index contributed by atoms with van der Waals surface area (Å²) in [6, 6.07) is 5.90. The molecule has 6 rings (SSSR count). The number of hydrogen-bond donors (Lipinski definition) is 1. The van der Waals surface area contributed by atoms with E-state index in [1.807, 2.05) is 37.8 Å². The molecule has 1 unspecified atom stereocenters. The first-order chi connectivity index (χ1) is 18.0. The van der Waals surface area contributed by atoms with Crippen molar-refractivity contribution in [3.05, 3.63) is 29.3 Å². The van der Waals surface area contributed by atoms with Crippen LogP contribution in [0.15, 0.2) is 18.2 Å². The van der Waals surface area contributed by atoms with E-state index in [0.29, 0.717) is 24.6 Å². The summed E-state index contributed by atoms with van der Waals surface area (Å²) in [6.07, 6.45) is 2.66. The van der Waals surface area contributed by atoms with Gasteiger partial charge < -0.3 is 19.4 Å². The Balaban J connectivity index is 0.991. The van der Waals surface area contributed by atoms with Crippen LogP contribution >= 0.6 is 0 Å². The van der Waals surface area contributed by atoms with Gasteiger partial charge in [0.25, 0.3) is 5.91 Å². The Morgan fingerprint density at radius 2 is 1.79 bits per heavy atom. The number of amides is 4. The van der Waals surface area contributed by atoms with Gasteiger partial charge in [-0.15, -0.1) is 0 Å². The van der Waals surface area contributed by atoms with Crippen molar-refractivity contribution < 1.29 is 23.9 Å². The number of ether oxygens (including phenoxy) is 1. The lowest BCUT2D eigenvalue weighted by molar-refractivity contribution is -0.136. The van der Waals surface area contributed by atoms with Gasteiger partial charge in [0.2, 0.25) is 11.8 Å². The van der Waals surface area contributed by atoms with Gasteiger partial charge in [0, 0.05) is 61.9 Å². The van der Waals surface area contributed by atoms with E-state index in [9.17, 15) is 19.2 Å². The Kier molecular flexibility index (Phi) is 5.93. The lowest BCUT2D eigenvalue weighted by atomic mass is 9.72. The van der Waals surface area contributed by atoms with Crippen molar-refractivity contribution in [2.75, 3.05) is 44.2 Å². The number of carbonyl (C=O) groups is 4. The third-order valence-corrected chi connectivity index (χ3v) is 8.81. The number of nitrogens with one attached hydrogen (secondary N) is 1. The first-order valence-electron chi connectivity index (χ1n) is 13.7. The molecule has 0 aromatic heterocycles. The molecule has 38 heavy (non-hydrogen) atoms. The molecule has 5 heterocycles. The van der Waals surface area contributed by atoms with Crippen molar-refractivity contribution in [1.82, 2.24) is 20.0 Å². The third kappa shape index (κ3) is 4.52. The quantitative estimate of drug-likeness (QED) is 0.605. The zero-order valence-electron chi connectivity index (χ0n) is 22.5. The van der Waals surface area contributed by atoms with Crippen molar-refractivity contribution in [3.8, 4) is 0 Å². The minimum Gasteiger partial charge on any atom is -0.444 e. The maximum Gasteiger partial charge on any atom is 0.410 e. The average molecular weight is 524 g/mol. The van der Waals surface area contributed by atoms with Crippen molar-refractivity contribution in [2.45, 2.75) is 70.7 Å². The number of nitrogens with zero attached hydrogens (tertiary/aromatic N) is 4. The molecule has 5 aliphatic rings. The van der Waals surface area contributed by atoms with Crippen LogP contribution in [0.25, 0.3) is 0 Å². The lowest BCUT2D eigenvalue weighted by Gasteiger charge is -2.56. The average Bonchev–Trinajstić information content (AvgIpc) is 3.11. The second-order valence-electron chi connectivity index (χ2n) is 12.7. The Hall–Kier alpha value is -3.14. The highest BCUT2D eigenvalue weighted by atomic mass is 16.6. The fraction of sp³-hybridized carbons (Fsp3) is 0.643. The van der Waals surface area contributed by atoms with Crippen molar-refractivity contribution in [3.63, 3.8) is 0 Å². The number of imide groups is 1. The van der Waals surface area contributed by atoms with Crippen molar-refractivity contribution in [2.24, 2.45) is 5.41 Å². The Morgan fingerprint density at radius 1 is 1.08 bits per heavy atom.